The summed E-state index contributed by atoms with van der Waals surface area (Å²) in [6.45, 7) is 0. The molecule has 0 amide bonds. The Morgan fingerprint density at radius 3 is 2.21 bits per heavy atom. The molecule has 1 aromatic heterocycles. The topological polar surface area (TPSA) is 66.6 Å². The molecule has 2 aromatic carbocycles. The van der Waals surface area contributed by atoms with Crippen molar-refractivity contribution in [2.45, 2.75) is 0 Å². The molecule has 124 valence electrons. The third kappa shape index (κ3) is 2.88. The summed E-state index contributed by atoms with van der Waals surface area (Å²) >= 11 is 6.17. The molecule has 0 spiro atoms. The van der Waals surface area contributed by atoms with E-state index in [-0.39, 0.29) is 0 Å². The zero-order chi connectivity index (χ0) is 17.1. The lowest BCUT2D eigenvalue weighted by Gasteiger charge is -2.12. The largest absolute Gasteiger partial charge is 0.493 e. The van der Waals surface area contributed by atoms with Crippen LogP contribution in [-0.4, -0.2) is 31.5 Å². The summed E-state index contributed by atoms with van der Waals surface area (Å²) in [5, 5.41) is 4.54. The second kappa shape index (κ2) is 6.80. The van der Waals surface area contributed by atoms with Gasteiger partial charge in [-0.05, 0) is 24.3 Å². The van der Waals surface area contributed by atoms with Gasteiger partial charge in [0.15, 0.2) is 11.5 Å². The molecule has 0 saturated heterocycles. The Bertz CT molecular complexity index is 838. The predicted octanol–water partition coefficient (Wildman–Crippen LogP) is 4.08. The fourth-order valence-corrected chi connectivity index (χ4v) is 2.52. The average Bonchev–Trinajstić information content (AvgIpc) is 3.10. The van der Waals surface area contributed by atoms with Crippen molar-refractivity contribution in [1.82, 2.24) is 10.1 Å². The Kier molecular flexibility index (Phi) is 4.57. The molecule has 0 atom stereocenters. The van der Waals surface area contributed by atoms with Crippen molar-refractivity contribution >= 4 is 11.6 Å². The average molecular weight is 347 g/mol. The lowest BCUT2D eigenvalue weighted by molar-refractivity contribution is 0.324. The Labute approximate surface area is 143 Å². The Hall–Kier alpha value is -2.73. The second-order valence-corrected chi connectivity index (χ2v) is 5.22. The van der Waals surface area contributed by atoms with Gasteiger partial charge in [-0.1, -0.05) is 28.9 Å². The third-order valence-corrected chi connectivity index (χ3v) is 3.78. The minimum atomic E-state index is 0.323. The molecule has 0 unspecified atom stereocenters. The number of hydrogen-bond acceptors (Lipinski definition) is 6. The van der Waals surface area contributed by atoms with E-state index in [1.54, 1.807) is 39.5 Å². The monoisotopic (exact) mass is 346 g/mol. The van der Waals surface area contributed by atoms with E-state index in [0.717, 1.165) is 0 Å². The van der Waals surface area contributed by atoms with Gasteiger partial charge in [0.2, 0.25) is 11.6 Å². The molecule has 0 aliphatic heterocycles. The normalized spacial score (nSPS) is 10.5. The van der Waals surface area contributed by atoms with Crippen LogP contribution in [0.25, 0.3) is 22.8 Å². The molecule has 0 fully saturated rings. The maximum absolute atomic E-state index is 6.17. The van der Waals surface area contributed by atoms with Crippen LogP contribution in [0.4, 0.5) is 0 Å². The van der Waals surface area contributed by atoms with Crippen molar-refractivity contribution in [1.29, 1.82) is 0 Å². The summed E-state index contributed by atoms with van der Waals surface area (Å²) in [5.41, 5.74) is 1.34. The molecule has 0 radical (unpaired) electrons. The standard InChI is InChI=1S/C17H15ClN2O4/c1-21-13-8-10(9-14(22-2)15(13)23-3)17-19-16(20-24-17)11-6-4-5-7-12(11)18/h4-9H,1-3H3. The van der Waals surface area contributed by atoms with Gasteiger partial charge in [0.1, 0.15) is 0 Å². The molecule has 0 aliphatic carbocycles. The van der Waals surface area contributed by atoms with Crippen LogP contribution in [0.1, 0.15) is 0 Å². The Balaban J connectivity index is 2.06. The van der Waals surface area contributed by atoms with Gasteiger partial charge in [-0.3, -0.25) is 0 Å². The number of hydrogen-bond donors (Lipinski definition) is 0. The van der Waals surface area contributed by atoms with Crippen molar-refractivity contribution < 1.29 is 18.7 Å². The molecule has 6 nitrogen and oxygen atoms in total. The summed E-state index contributed by atoms with van der Waals surface area (Å²) in [4.78, 5) is 4.40. The summed E-state index contributed by atoms with van der Waals surface area (Å²) in [6.07, 6.45) is 0. The molecule has 3 aromatic rings. The van der Waals surface area contributed by atoms with E-state index >= 15 is 0 Å². The van der Waals surface area contributed by atoms with Crippen molar-refractivity contribution in [3.63, 3.8) is 0 Å². The van der Waals surface area contributed by atoms with Crippen LogP contribution in [0, 0.1) is 0 Å². The van der Waals surface area contributed by atoms with Crippen LogP contribution < -0.4 is 14.2 Å². The molecule has 24 heavy (non-hydrogen) atoms. The quantitative estimate of drug-likeness (QED) is 0.693. The van der Waals surface area contributed by atoms with Crippen molar-refractivity contribution in [2.75, 3.05) is 21.3 Å². The van der Waals surface area contributed by atoms with Gasteiger partial charge in [0.25, 0.3) is 5.89 Å². The predicted molar refractivity (Wildman–Crippen MR) is 89.8 cm³/mol. The second-order valence-electron chi connectivity index (χ2n) is 4.82. The first-order valence-electron chi connectivity index (χ1n) is 7.07. The third-order valence-electron chi connectivity index (χ3n) is 3.45. The highest BCUT2D eigenvalue weighted by molar-refractivity contribution is 6.33. The highest BCUT2D eigenvalue weighted by Gasteiger charge is 2.18. The smallest absolute Gasteiger partial charge is 0.258 e. The maximum Gasteiger partial charge on any atom is 0.258 e. The lowest BCUT2D eigenvalue weighted by Crippen LogP contribution is -1.95. The minimum absolute atomic E-state index is 0.323. The Morgan fingerprint density at radius 2 is 1.62 bits per heavy atom. The molecular weight excluding hydrogens is 332 g/mol. The molecule has 0 N–H and O–H groups in total. The molecular formula is C17H15ClN2O4. The number of rotatable bonds is 5. The molecule has 0 aliphatic rings. The fourth-order valence-electron chi connectivity index (χ4n) is 2.30. The lowest BCUT2D eigenvalue weighted by atomic mass is 10.1. The molecule has 1 heterocycles. The highest BCUT2D eigenvalue weighted by Crippen LogP contribution is 2.41. The fraction of sp³-hybridized carbons (Fsp3) is 0.176. The summed E-state index contributed by atoms with van der Waals surface area (Å²) in [5.74, 6) is 2.23. The zero-order valence-corrected chi connectivity index (χ0v) is 14.1. The highest BCUT2D eigenvalue weighted by atomic mass is 35.5. The van der Waals surface area contributed by atoms with E-state index in [2.05, 4.69) is 10.1 Å². The first kappa shape index (κ1) is 16.1. The SMILES string of the molecule is COc1cc(-c2nc(-c3ccccc3Cl)no2)cc(OC)c1OC. The molecule has 0 bridgehead atoms. The molecule has 3 rings (SSSR count). The van der Waals surface area contributed by atoms with Gasteiger partial charge >= 0.3 is 0 Å². The van der Waals surface area contributed by atoms with E-state index in [4.69, 9.17) is 30.3 Å². The van der Waals surface area contributed by atoms with Crippen LogP contribution in [0.3, 0.4) is 0 Å². The van der Waals surface area contributed by atoms with E-state index in [0.29, 0.717) is 45.1 Å². The van der Waals surface area contributed by atoms with E-state index in [1.807, 2.05) is 18.2 Å². The number of ether oxygens (including phenoxy) is 3. The Morgan fingerprint density at radius 1 is 0.958 bits per heavy atom. The van der Waals surface area contributed by atoms with Crippen molar-refractivity contribution in [3.8, 4) is 40.1 Å². The van der Waals surface area contributed by atoms with Crippen LogP contribution in [0.2, 0.25) is 5.02 Å². The van der Waals surface area contributed by atoms with Gasteiger partial charge in [-0.2, -0.15) is 4.98 Å². The number of halogens is 1. The van der Waals surface area contributed by atoms with Gasteiger partial charge in [0.05, 0.1) is 26.4 Å². The zero-order valence-electron chi connectivity index (χ0n) is 13.4. The van der Waals surface area contributed by atoms with Crippen LogP contribution in [0.15, 0.2) is 40.9 Å². The molecule has 7 heteroatoms. The number of methoxy groups -OCH3 is 3. The van der Waals surface area contributed by atoms with Crippen LogP contribution >= 0.6 is 11.6 Å². The summed E-state index contributed by atoms with van der Waals surface area (Å²) in [7, 11) is 4.64. The molecule has 0 saturated carbocycles. The van der Waals surface area contributed by atoms with Gasteiger partial charge in [0, 0.05) is 11.1 Å². The maximum atomic E-state index is 6.17. The van der Waals surface area contributed by atoms with Gasteiger partial charge < -0.3 is 18.7 Å². The van der Waals surface area contributed by atoms with E-state index in [9.17, 15) is 0 Å². The minimum Gasteiger partial charge on any atom is -0.493 e. The van der Waals surface area contributed by atoms with Crippen molar-refractivity contribution in [3.05, 3.63) is 41.4 Å². The summed E-state index contributed by atoms with van der Waals surface area (Å²) in [6, 6.07) is 10.8. The number of nitrogens with zero attached hydrogens (tertiary/aromatic N) is 2. The summed E-state index contributed by atoms with van der Waals surface area (Å²) < 4.78 is 21.3. The van der Waals surface area contributed by atoms with Crippen LogP contribution in [0.5, 0.6) is 17.2 Å². The number of aromatic nitrogens is 2. The van der Waals surface area contributed by atoms with Gasteiger partial charge in [-0.25, -0.2) is 0 Å². The first-order chi connectivity index (χ1) is 11.7. The van der Waals surface area contributed by atoms with Gasteiger partial charge in [-0.15, -0.1) is 0 Å². The van der Waals surface area contributed by atoms with E-state index in [1.165, 1.54) is 0 Å². The first-order valence-corrected chi connectivity index (χ1v) is 7.44. The van der Waals surface area contributed by atoms with E-state index < -0.39 is 0 Å². The van der Waals surface area contributed by atoms with Crippen LogP contribution in [-0.2, 0) is 0 Å². The number of benzene rings is 2. The van der Waals surface area contributed by atoms with Crippen molar-refractivity contribution in [2.24, 2.45) is 0 Å².